The van der Waals surface area contributed by atoms with Crippen LogP contribution in [0.25, 0.3) is 6.08 Å². The summed E-state index contributed by atoms with van der Waals surface area (Å²) >= 11 is 0.810. The number of methoxy groups -OCH3 is 1. The number of amides is 2. The van der Waals surface area contributed by atoms with Gasteiger partial charge in [0, 0.05) is 5.56 Å². The van der Waals surface area contributed by atoms with Crippen molar-refractivity contribution in [3.8, 4) is 18.1 Å². The molecule has 118 valence electrons. The Morgan fingerprint density at radius 2 is 2.13 bits per heavy atom. The van der Waals surface area contributed by atoms with E-state index in [1.807, 2.05) is 0 Å². The minimum absolute atomic E-state index is 0.0670. The largest absolute Gasteiger partial charge is 0.481 e. The molecule has 23 heavy (non-hydrogen) atoms. The number of carbonyl (C=O) groups excluding carboxylic acids is 3. The summed E-state index contributed by atoms with van der Waals surface area (Å²) in [4.78, 5) is 36.3. The lowest BCUT2D eigenvalue weighted by Crippen LogP contribution is -2.28. The van der Waals surface area contributed by atoms with Gasteiger partial charge in [0.1, 0.15) is 5.75 Å². The highest BCUT2D eigenvalue weighted by molar-refractivity contribution is 8.18. The first-order chi connectivity index (χ1) is 11.1. The fourth-order valence-electron chi connectivity index (χ4n) is 1.80. The molecule has 0 bridgehead atoms. The Morgan fingerprint density at radius 1 is 1.39 bits per heavy atom. The van der Waals surface area contributed by atoms with Crippen LogP contribution in [0.4, 0.5) is 4.79 Å². The van der Waals surface area contributed by atoms with Crippen molar-refractivity contribution in [3.63, 3.8) is 0 Å². The molecule has 1 aromatic carbocycles. The van der Waals surface area contributed by atoms with Crippen LogP contribution in [0.15, 0.2) is 29.2 Å². The zero-order chi connectivity index (χ0) is 16.8. The third-order valence-electron chi connectivity index (χ3n) is 2.90. The minimum atomic E-state index is -0.519. The molecule has 1 aromatic rings. The number of thioether (sulfide) groups is 1. The molecule has 1 heterocycles. The van der Waals surface area contributed by atoms with Crippen LogP contribution in [-0.2, 0) is 14.3 Å². The third-order valence-corrected chi connectivity index (χ3v) is 3.81. The molecule has 0 radical (unpaired) electrons. The number of hydrogen-bond acceptors (Lipinski definition) is 6. The quantitative estimate of drug-likeness (QED) is 0.466. The number of esters is 1. The molecular formula is C16H13NO5S. The highest BCUT2D eigenvalue weighted by Crippen LogP contribution is 2.33. The summed E-state index contributed by atoms with van der Waals surface area (Å²) in [5.74, 6) is 1.71. The average molecular weight is 331 g/mol. The number of rotatable bonds is 5. The molecule has 6 nitrogen and oxygen atoms in total. The number of nitrogens with zero attached hydrogens (tertiary/aromatic N) is 1. The fraction of sp³-hybridized carbons (Fsp3) is 0.188. The van der Waals surface area contributed by atoms with Crippen LogP contribution in [0.5, 0.6) is 5.75 Å². The van der Waals surface area contributed by atoms with Gasteiger partial charge < -0.3 is 9.47 Å². The zero-order valence-corrected chi connectivity index (χ0v) is 13.1. The molecule has 1 aliphatic rings. The lowest BCUT2D eigenvalue weighted by Gasteiger charge is -2.08. The molecule has 1 saturated heterocycles. The summed E-state index contributed by atoms with van der Waals surface area (Å²) in [6.07, 6.45) is 6.68. The van der Waals surface area contributed by atoms with E-state index in [4.69, 9.17) is 11.2 Å². The number of terminal acetylenes is 1. The van der Waals surface area contributed by atoms with Crippen molar-refractivity contribution < 1.29 is 23.9 Å². The second kappa shape index (κ2) is 7.51. The smallest absolute Gasteiger partial charge is 0.343 e. The number of benzene rings is 1. The lowest BCUT2D eigenvalue weighted by atomic mass is 10.2. The van der Waals surface area contributed by atoms with Crippen LogP contribution in [0.2, 0.25) is 0 Å². The van der Waals surface area contributed by atoms with Crippen molar-refractivity contribution >= 4 is 35.0 Å². The summed E-state index contributed by atoms with van der Waals surface area (Å²) in [6.45, 7) is -0.317. The molecule has 0 aromatic heterocycles. The van der Waals surface area contributed by atoms with Gasteiger partial charge in [-0.2, -0.15) is 0 Å². The Balaban J connectivity index is 2.23. The van der Waals surface area contributed by atoms with Crippen molar-refractivity contribution in [1.29, 1.82) is 0 Å². The highest BCUT2D eigenvalue weighted by Gasteiger charge is 2.34. The van der Waals surface area contributed by atoms with E-state index >= 15 is 0 Å². The third kappa shape index (κ3) is 3.93. The molecule has 0 atom stereocenters. The predicted octanol–water partition coefficient (Wildman–Crippen LogP) is 1.91. The van der Waals surface area contributed by atoms with Crippen LogP contribution in [-0.4, -0.2) is 42.3 Å². The molecule has 1 aliphatic heterocycles. The lowest BCUT2D eigenvalue weighted by molar-refractivity contribution is -0.142. The van der Waals surface area contributed by atoms with Crippen molar-refractivity contribution in [2.24, 2.45) is 0 Å². The summed E-state index contributed by atoms with van der Waals surface area (Å²) < 4.78 is 9.88. The Hall–Kier alpha value is -2.72. The second-order valence-corrected chi connectivity index (χ2v) is 5.37. The van der Waals surface area contributed by atoms with Crippen molar-refractivity contribution in [2.45, 2.75) is 0 Å². The molecule has 0 spiro atoms. The van der Waals surface area contributed by atoms with Gasteiger partial charge in [-0.05, 0) is 23.9 Å². The van der Waals surface area contributed by atoms with E-state index in [1.54, 1.807) is 24.3 Å². The highest BCUT2D eigenvalue weighted by atomic mass is 32.2. The van der Waals surface area contributed by atoms with Gasteiger partial charge in [-0.25, -0.2) is 4.79 Å². The Kier molecular flexibility index (Phi) is 5.44. The fourth-order valence-corrected chi connectivity index (χ4v) is 2.62. The average Bonchev–Trinajstić information content (AvgIpc) is 2.81. The monoisotopic (exact) mass is 331 g/mol. The summed E-state index contributed by atoms with van der Waals surface area (Å²) in [5, 5.41) is -0.410. The SMILES string of the molecule is C#CCN1C(=O)S/C(=C\c2ccccc2OCC(=O)OC)C1=O. The summed E-state index contributed by atoms with van der Waals surface area (Å²) in [6, 6.07) is 6.85. The predicted molar refractivity (Wildman–Crippen MR) is 85.5 cm³/mol. The maximum absolute atomic E-state index is 12.1. The number of para-hydroxylation sites is 1. The Labute approximate surface area is 137 Å². The van der Waals surface area contributed by atoms with Gasteiger partial charge in [0.25, 0.3) is 11.1 Å². The first-order valence-corrected chi connectivity index (χ1v) is 7.36. The van der Waals surface area contributed by atoms with Crippen molar-refractivity contribution in [3.05, 3.63) is 34.7 Å². The van der Waals surface area contributed by atoms with E-state index in [0.717, 1.165) is 16.7 Å². The molecule has 0 saturated carbocycles. The van der Waals surface area contributed by atoms with Crippen LogP contribution in [0, 0.1) is 12.3 Å². The van der Waals surface area contributed by atoms with Gasteiger partial charge in [0.05, 0.1) is 18.6 Å². The van der Waals surface area contributed by atoms with Crippen molar-refractivity contribution in [2.75, 3.05) is 20.3 Å². The van der Waals surface area contributed by atoms with Crippen LogP contribution >= 0.6 is 11.8 Å². The molecular weight excluding hydrogens is 318 g/mol. The van der Waals surface area contributed by atoms with Gasteiger partial charge in [-0.3, -0.25) is 14.5 Å². The number of ether oxygens (including phenoxy) is 2. The van der Waals surface area contributed by atoms with E-state index in [0.29, 0.717) is 11.3 Å². The van der Waals surface area contributed by atoms with Gasteiger partial charge >= 0.3 is 5.97 Å². The van der Waals surface area contributed by atoms with Crippen LogP contribution in [0.1, 0.15) is 5.56 Å². The van der Waals surface area contributed by atoms with E-state index < -0.39 is 17.1 Å². The maximum Gasteiger partial charge on any atom is 0.343 e. The molecule has 2 rings (SSSR count). The van der Waals surface area contributed by atoms with Crippen molar-refractivity contribution in [1.82, 2.24) is 4.90 Å². The van der Waals surface area contributed by atoms with Crippen LogP contribution in [0.3, 0.4) is 0 Å². The summed E-state index contributed by atoms with van der Waals surface area (Å²) in [7, 11) is 1.26. The summed E-state index contributed by atoms with van der Waals surface area (Å²) in [5.41, 5.74) is 0.572. The Bertz CT molecular complexity index is 719. The number of carbonyl (C=O) groups is 3. The first kappa shape index (κ1) is 16.6. The van der Waals surface area contributed by atoms with Crippen LogP contribution < -0.4 is 4.74 Å². The standard InChI is InChI=1S/C16H13NO5S/c1-3-8-17-15(19)13(23-16(17)20)9-11-6-4-5-7-12(11)22-10-14(18)21-2/h1,4-7,9H,8,10H2,2H3/b13-9-. The van der Waals surface area contributed by atoms with Gasteiger partial charge in [-0.1, -0.05) is 24.1 Å². The number of imide groups is 1. The Morgan fingerprint density at radius 3 is 2.83 bits per heavy atom. The molecule has 2 amide bonds. The minimum Gasteiger partial charge on any atom is -0.481 e. The molecule has 0 N–H and O–H groups in total. The zero-order valence-electron chi connectivity index (χ0n) is 12.3. The van der Waals surface area contributed by atoms with E-state index in [1.165, 1.54) is 13.2 Å². The maximum atomic E-state index is 12.1. The first-order valence-electron chi connectivity index (χ1n) is 6.54. The van der Waals surface area contributed by atoms with E-state index in [-0.39, 0.29) is 18.1 Å². The second-order valence-electron chi connectivity index (χ2n) is 4.37. The topological polar surface area (TPSA) is 72.9 Å². The molecule has 1 fully saturated rings. The number of hydrogen-bond donors (Lipinski definition) is 0. The molecule has 0 aliphatic carbocycles. The van der Waals surface area contributed by atoms with Gasteiger partial charge in [0.15, 0.2) is 6.61 Å². The van der Waals surface area contributed by atoms with Gasteiger partial charge in [-0.15, -0.1) is 6.42 Å². The molecule has 7 heteroatoms. The normalized spacial score (nSPS) is 15.7. The van der Waals surface area contributed by atoms with E-state index in [2.05, 4.69) is 10.7 Å². The molecule has 0 unspecified atom stereocenters. The van der Waals surface area contributed by atoms with Gasteiger partial charge in [0.2, 0.25) is 0 Å². The van der Waals surface area contributed by atoms with E-state index in [9.17, 15) is 14.4 Å².